The van der Waals surface area contributed by atoms with Gasteiger partial charge in [0.1, 0.15) is 6.21 Å². The Bertz CT molecular complexity index is 294. The van der Waals surface area contributed by atoms with Crippen molar-refractivity contribution in [2.24, 2.45) is 5.16 Å². The molecule has 1 N–H and O–H groups in total. The molecule has 0 saturated heterocycles. The molecule has 78 valence electrons. The van der Waals surface area contributed by atoms with Crippen LogP contribution >= 0.6 is 0 Å². The zero-order valence-electron chi connectivity index (χ0n) is 8.12. The van der Waals surface area contributed by atoms with E-state index in [9.17, 15) is 0 Å². The van der Waals surface area contributed by atoms with Crippen LogP contribution in [-0.2, 0) is 16.0 Å². The molecule has 1 aromatic rings. The smallest absolute Gasteiger partial charge is 0.174 e. The van der Waals surface area contributed by atoms with E-state index in [1.807, 2.05) is 0 Å². The molecule has 6 heteroatoms. The third-order valence-corrected chi connectivity index (χ3v) is 1.79. The molecule has 6 nitrogen and oxygen atoms in total. The van der Waals surface area contributed by atoms with Crippen LogP contribution in [-0.4, -0.2) is 41.5 Å². The van der Waals surface area contributed by atoms with E-state index in [0.29, 0.717) is 12.4 Å². The Morgan fingerprint density at radius 2 is 2.36 bits per heavy atom. The number of nitrogens with zero attached hydrogens (tertiary/aromatic N) is 3. The highest BCUT2D eigenvalue weighted by atomic mass is 16.7. The summed E-state index contributed by atoms with van der Waals surface area (Å²) in [6.45, 7) is 0.494. The van der Waals surface area contributed by atoms with Crippen LogP contribution < -0.4 is 0 Å². The van der Waals surface area contributed by atoms with E-state index in [0.717, 1.165) is 0 Å². The standard InChI is InChI=1S/C8H13N3O3/c1-13-8(14-2)6-11-4-3-9-7(11)5-10-12/h3-5,8,12H,6H2,1-2H3. The van der Waals surface area contributed by atoms with Gasteiger partial charge in [-0.15, -0.1) is 0 Å². The number of oxime groups is 1. The Balaban J connectivity index is 2.69. The minimum atomic E-state index is -0.338. The van der Waals surface area contributed by atoms with Gasteiger partial charge in [0.2, 0.25) is 0 Å². The van der Waals surface area contributed by atoms with Crippen LogP contribution in [0.4, 0.5) is 0 Å². The predicted octanol–water partition coefficient (Wildman–Crippen LogP) is 0.310. The molecule has 0 aliphatic heterocycles. The van der Waals surface area contributed by atoms with Crippen molar-refractivity contribution in [3.05, 3.63) is 18.2 Å². The molecule has 0 saturated carbocycles. The third-order valence-electron chi connectivity index (χ3n) is 1.79. The van der Waals surface area contributed by atoms with E-state index in [4.69, 9.17) is 14.7 Å². The first-order chi connectivity index (χ1) is 6.81. The van der Waals surface area contributed by atoms with Crippen molar-refractivity contribution >= 4 is 6.21 Å². The average molecular weight is 199 g/mol. The van der Waals surface area contributed by atoms with Gasteiger partial charge in [-0.25, -0.2) is 4.98 Å². The van der Waals surface area contributed by atoms with Gasteiger partial charge in [-0.2, -0.15) is 0 Å². The lowest BCUT2D eigenvalue weighted by atomic mass is 10.5. The van der Waals surface area contributed by atoms with Gasteiger partial charge < -0.3 is 19.2 Å². The highest BCUT2D eigenvalue weighted by Crippen LogP contribution is 2.00. The predicted molar refractivity (Wildman–Crippen MR) is 49.4 cm³/mol. The second-order valence-corrected chi connectivity index (χ2v) is 2.58. The maximum absolute atomic E-state index is 8.36. The van der Waals surface area contributed by atoms with Crippen molar-refractivity contribution in [2.75, 3.05) is 14.2 Å². The van der Waals surface area contributed by atoms with Crippen molar-refractivity contribution in [1.82, 2.24) is 9.55 Å². The van der Waals surface area contributed by atoms with E-state index >= 15 is 0 Å². The van der Waals surface area contributed by atoms with Gasteiger partial charge in [-0.1, -0.05) is 5.16 Å². The molecule has 1 heterocycles. The Morgan fingerprint density at radius 3 is 2.93 bits per heavy atom. The SMILES string of the molecule is COC(Cn1ccnc1C=NO)OC. The molecular weight excluding hydrogens is 186 g/mol. The highest BCUT2D eigenvalue weighted by Gasteiger charge is 2.08. The third kappa shape index (κ3) is 2.54. The average Bonchev–Trinajstić information content (AvgIpc) is 2.62. The Kier molecular flexibility index (Phi) is 4.09. The lowest BCUT2D eigenvalue weighted by Gasteiger charge is -2.14. The second kappa shape index (κ2) is 5.36. The van der Waals surface area contributed by atoms with E-state index < -0.39 is 0 Å². The molecule has 0 aliphatic rings. The first-order valence-corrected chi connectivity index (χ1v) is 4.06. The van der Waals surface area contributed by atoms with Gasteiger partial charge in [0, 0.05) is 26.6 Å². The number of methoxy groups -OCH3 is 2. The van der Waals surface area contributed by atoms with Crippen LogP contribution in [0.15, 0.2) is 17.5 Å². The number of imidazole rings is 1. The molecule has 0 spiro atoms. The summed E-state index contributed by atoms with van der Waals surface area (Å²) in [5, 5.41) is 11.3. The molecule has 14 heavy (non-hydrogen) atoms. The molecule has 1 aromatic heterocycles. The first kappa shape index (κ1) is 10.7. The molecule has 0 aromatic carbocycles. The van der Waals surface area contributed by atoms with E-state index in [-0.39, 0.29) is 6.29 Å². The minimum absolute atomic E-state index is 0.338. The zero-order chi connectivity index (χ0) is 10.4. The molecule has 1 rings (SSSR count). The van der Waals surface area contributed by atoms with Crippen molar-refractivity contribution in [3.8, 4) is 0 Å². The van der Waals surface area contributed by atoms with Gasteiger partial charge in [0.25, 0.3) is 0 Å². The summed E-state index contributed by atoms with van der Waals surface area (Å²) in [5.74, 6) is 0.548. The van der Waals surface area contributed by atoms with E-state index in [2.05, 4.69) is 10.1 Å². The van der Waals surface area contributed by atoms with Crippen LogP contribution in [0.25, 0.3) is 0 Å². The summed E-state index contributed by atoms with van der Waals surface area (Å²) >= 11 is 0. The maximum Gasteiger partial charge on any atom is 0.174 e. The van der Waals surface area contributed by atoms with Gasteiger partial charge in [0.05, 0.1) is 6.54 Å². The monoisotopic (exact) mass is 199 g/mol. The Labute approximate surface area is 81.8 Å². The van der Waals surface area contributed by atoms with Crippen molar-refractivity contribution in [3.63, 3.8) is 0 Å². The fourth-order valence-electron chi connectivity index (χ4n) is 1.06. The maximum atomic E-state index is 8.36. The lowest BCUT2D eigenvalue weighted by molar-refractivity contribution is -0.111. The summed E-state index contributed by atoms with van der Waals surface area (Å²) in [6, 6.07) is 0. The summed E-state index contributed by atoms with van der Waals surface area (Å²) in [7, 11) is 3.12. The van der Waals surface area contributed by atoms with Gasteiger partial charge in [-0.05, 0) is 0 Å². The summed E-state index contributed by atoms with van der Waals surface area (Å²) in [6.07, 6.45) is 4.28. The summed E-state index contributed by atoms with van der Waals surface area (Å²) < 4.78 is 11.8. The number of rotatable bonds is 5. The lowest BCUT2D eigenvalue weighted by Crippen LogP contribution is -2.21. The van der Waals surface area contributed by atoms with Crippen molar-refractivity contribution < 1.29 is 14.7 Å². The molecule has 0 radical (unpaired) electrons. The molecule has 0 unspecified atom stereocenters. The number of ether oxygens (including phenoxy) is 2. The van der Waals surface area contributed by atoms with Crippen LogP contribution in [0.5, 0.6) is 0 Å². The number of hydrogen-bond donors (Lipinski definition) is 1. The molecule has 0 aliphatic carbocycles. The van der Waals surface area contributed by atoms with Gasteiger partial charge in [-0.3, -0.25) is 0 Å². The van der Waals surface area contributed by atoms with Gasteiger partial charge in [0.15, 0.2) is 12.1 Å². The Hall–Kier alpha value is -1.40. The molecule has 0 atom stereocenters. The highest BCUT2D eigenvalue weighted by molar-refractivity contribution is 5.74. The second-order valence-electron chi connectivity index (χ2n) is 2.58. The van der Waals surface area contributed by atoms with Crippen LogP contribution in [0.2, 0.25) is 0 Å². The topological polar surface area (TPSA) is 68.9 Å². The van der Waals surface area contributed by atoms with E-state index in [1.54, 1.807) is 31.2 Å². The summed E-state index contributed by atoms with van der Waals surface area (Å²) in [4.78, 5) is 3.97. The first-order valence-electron chi connectivity index (χ1n) is 4.06. The number of hydrogen-bond acceptors (Lipinski definition) is 5. The largest absolute Gasteiger partial charge is 0.411 e. The minimum Gasteiger partial charge on any atom is -0.411 e. The fourth-order valence-corrected chi connectivity index (χ4v) is 1.06. The van der Waals surface area contributed by atoms with Crippen molar-refractivity contribution in [1.29, 1.82) is 0 Å². The van der Waals surface area contributed by atoms with Gasteiger partial charge >= 0.3 is 0 Å². The van der Waals surface area contributed by atoms with Crippen LogP contribution in [0, 0.1) is 0 Å². The quantitative estimate of drug-likeness (QED) is 0.321. The fraction of sp³-hybridized carbons (Fsp3) is 0.500. The van der Waals surface area contributed by atoms with Crippen LogP contribution in [0.3, 0.4) is 0 Å². The molecule has 0 fully saturated rings. The Morgan fingerprint density at radius 1 is 1.64 bits per heavy atom. The van der Waals surface area contributed by atoms with Crippen molar-refractivity contribution in [2.45, 2.75) is 12.8 Å². The summed E-state index contributed by atoms with van der Waals surface area (Å²) in [5.41, 5.74) is 0. The normalized spacial score (nSPS) is 11.6. The molecular formula is C8H13N3O3. The molecule has 0 amide bonds. The number of aromatic nitrogens is 2. The zero-order valence-corrected chi connectivity index (χ0v) is 8.12. The van der Waals surface area contributed by atoms with E-state index in [1.165, 1.54) is 6.21 Å². The van der Waals surface area contributed by atoms with Crippen LogP contribution in [0.1, 0.15) is 5.82 Å². The molecule has 0 bridgehead atoms.